The van der Waals surface area contributed by atoms with Crippen LogP contribution in [0.1, 0.15) is 55.4 Å². The highest BCUT2D eigenvalue weighted by Crippen LogP contribution is 2.32. The lowest BCUT2D eigenvalue weighted by atomic mass is 9.97. The van der Waals surface area contributed by atoms with Gasteiger partial charge in [0.1, 0.15) is 25.4 Å². The second-order valence-electron chi connectivity index (χ2n) is 9.90. The second-order valence-corrected chi connectivity index (χ2v) is 9.90. The first-order valence-corrected chi connectivity index (χ1v) is 13.9. The molecular formula is C28H38O19. The lowest BCUT2D eigenvalue weighted by molar-refractivity contribution is -0.329. The van der Waals surface area contributed by atoms with Crippen LogP contribution in [0.3, 0.4) is 0 Å². The third kappa shape index (κ3) is 14.1. The van der Waals surface area contributed by atoms with Crippen LogP contribution in [-0.2, 0) is 90.5 Å². The summed E-state index contributed by atoms with van der Waals surface area (Å²) in [5.74, 6) is -7.60. The summed E-state index contributed by atoms with van der Waals surface area (Å²) in [4.78, 5) is 108. The zero-order valence-electron chi connectivity index (χ0n) is 26.9. The molecule has 47 heavy (non-hydrogen) atoms. The van der Waals surface area contributed by atoms with E-state index in [4.69, 9.17) is 47.4 Å². The summed E-state index contributed by atoms with van der Waals surface area (Å²) in [7, 11) is 0. The van der Waals surface area contributed by atoms with Crippen LogP contribution in [0, 0.1) is 0 Å². The second kappa shape index (κ2) is 19.1. The molecule has 1 aliphatic rings. The highest BCUT2D eigenvalue weighted by Gasteiger charge is 2.55. The number of aldehydes is 1. The van der Waals surface area contributed by atoms with Crippen molar-refractivity contribution in [1.82, 2.24) is 0 Å². The Labute approximate surface area is 268 Å². The molecule has 0 N–H and O–H groups in total. The Hall–Kier alpha value is -4.65. The molecule has 0 bridgehead atoms. The molecule has 0 aliphatic carbocycles. The Kier molecular flexibility index (Phi) is 16.4. The van der Waals surface area contributed by atoms with Crippen molar-refractivity contribution < 1.29 is 90.5 Å². The van der Waals surface area contributed by atoms with E-state index in [-0.39, 0.29) is 6.29 Å². The Bertz CT molecular complexity index is 1180. The van der Waals surface area contributed by atoms with Crippen molar-refractivity contribution in [2.24, 2.45) is 0 Å². The Balaban J connectivity index is 3.95. The summed E-state index contributed by atoms with van der Waals surface area (Å²) in [6, 6.07) is 0. The average Bonchev–Trinajstić information content (AvgIpc) is 2.92. The van der Waals surface area contributed by atoms with Gasteiger partial charge in [-0.2, -0.15) is 0 Å². The molecule has 264 valence electrons. The normalized spacial score (nSPS) is 22.9. The lowest BCUT2D eigenvalue weighted by Gasteiger charge is -2.45. The van der Waals surface area contributed by atoms with Gasteiger partial charge in [0.25, 0.3) is 0 Å². The fourth-order valence-corrected chi connectivity index (χ4v) is 4.31. The molecule has 1 heterocycles. The maximum absolute atomic E-state index is 12.3. The van der Waals surface area contributed by atoms with Crippen LogP contribution in [0.4, 0.5) is 0 Å². The van der Waals surface area contributed by atoms with Crippen LogP contribution >= 0.6 is 0 Å². The predicted molar refractivity (Wildman–Crippen MR) is 146 cm³/mol. The number of rotatable bonds is 16. The standard InChI is InChI=1S/C28H38O19/c1-12(30)38-10-21(41-15(4)33)24(42-16(5)34)23(20(9-29)40-14(3)32)47-28-27(45-19(8)37)26(44-18(7)36)25(43-17(6)35)22(46-28)11-39-13(2)31/h9,20-28H,10-11H2,1-8H3/t20-,21+,22+,23+,24+,25+,26-,27+,28-/m0/s1. The van der Waals surface area contributed by atoms with E-state index in [1.54, 1.807) is 0 Å². The summed E-state index contributed by atoms with van der Waals surface area (Å²) >= 11 is 0. The largest absolute Gasteiger partial charge is 0.463 e. The zero-order valence-corrected chi connectivity index (χ0v) is 26.9. The molecule has 0 unspecified atom stereocenters. The molecule has 0 aromatic carbocycles. The van der Waals surface area contributed by atoms with Gasteiger partial charge in [-0.25, -0.2) is 0 Å². The van der Waals surface area contributed by atoms with E-state index in [1.165, 1.54) is 0 Å². The molecule has 1 rings (SSSR count). The first-order chi connectivity index (χ1) is 21.9. The third-order valence-corrected chi connectivity index (χ3v) is 5.76. The van der Waals surface area contributed by atoms with E-state index < -0.39 is 116 Å². The van der Waals surface area contributed by atoms with Crippen LogP contribution in [0.25, 0.3) is 0 Å². The van der Waals surface area contributed by atoms with Crippen molar-refractivity contribution in [3.8, 4) is 0 Å². The van der Waals surface area contributed by atoms with Crippen LogP contribution < -0.4 is 0 Å². The molecule has 0 spiro atoms. The van der Waals surface area contributed by atoms with Crippen LogP contribution in [0.5, 0.6) is 0 Å². The topological polar surface area (TPSA) is 246 Å². The summed E-state index contributed by atoms with van der Waals surface area (Å²) in [6.07, 6.45) is -16.2. The summed E-state index contributed by atoms with van der Waals surface area (Å²) in [6.45, 7) is 6.39. The minimum absolute atomic E-state index is 0.0600. The highest BCUT2D eigenvalue weighted by molar-refractivity contribution is 5.71. The van der Waals surface area contributed by atoms with Gasteiger partial charge < -0.3 is 47.4 Å². The van der Waals surface area contributed by atoms with Crippen molar-refractivity contribution >= 4 is 54.0 Å². The fourth-order valence-electron chi connectivity index (χ4n) is 4.31. The van der Waals surface area contributed by atoms with Crippen molar-refractivity contribution in [3.05, 3.63) is 0 Å². The number of hydrogen-bond acceptors (Lipinski definition) is 19. The smallest absolute Gasteiger partial charge is 0.303 e. The Morgan fingerprint density at radius 2 is 1.06 bits per heavy atom. The first kappa shape index (κ1) is 40.4. The van der Waals surface area contributed by atoms with Gasteiger partial charge in [-0.15, -0.1) is 0 Å². The first-order valence-electron chi connectivity index (χ1n) is 13.9. The van der Waals surface area contributed by atoms with Crippen LogP contribution in [-0.4, -0.2) is 122 Å². The molecule has 1 saturated heterocycles. The predicted octanol–water partition coefficient (Wildman–Crippen LogP) is -0.988. The summed E-state index contributed by atoms with van der Waals surface area (Å²) < 4.78 is 53.4. The van der Waals surface area contributed by atoms with Gasteiger partial charge in [-0.1, -0.05) is 0 Å². The van der Waals surface area contributed by atoms with Gasteiger partial charge in [0.05, 0.1) is 0 Å². The van der Waals surface area contributed by atoms with Crippen molar-refractivity contribution in [2.75, 3.05) is 13.2 Å². The quantitative estimate of drug-likeness (QED) is 0.108. The summed E-state index contributed by atoms with van der Waals surface area (Å²) in [5, 5.41) is 0. The number of ether oxygens (including phenoxy) is 10. The molecule has 0 amide bonds. The molecular weight excluding hydrogens is 640 g/mol. The van der Waals surface area contributed by atoms with Crippen molar-refractivity contribution in [1.29, 1.82) is 0 Å². The third-order valence-electron chi connectivity index (χ3n) is 5.76. The molecule has 19 heteroatoms. The molecule has 0 aromatic heterocycles. The maximum Gasteiger partial charge on any atom is 0.303 e. The fraction of sp³-hybridized carbons (Fsp3) is 0.679. The molecule has 0 saturated carbocycles. The number of carbonyl (C=O) groups excluding carboxylic acids is 9. The van der Waals surface area contributed by atoms with Crippen molar-refractivity contribution in [2.45, 2.75) is 111 Å². The Morgan fingerprint density at radius 3 is 1.51 bits per heavy atom. The molecule has 1 aliphatic heterocycles. The lowest BCUT2D eigenvalue weighted by Crippen LogP contribution is -2.65. The van der Waals surface area contributed by atoms with E-state index >= 15 is 0 Å². The molecule has 19 nitrogen and oxygen atoms in total. The number of hydrogen-bond donors (Lipinski definition) is 0. The number of esters is 8. The monoisotopic (exact) mass is 678 g/mol. The molecule has 9 atom stereocenters. The van der Waals surface area contributed by atoms with Gasteiger partial charge in [0, 0.05) is 55.4 Å². The minimum atomic E-state index is -2.01. The van der Waals surface area contributed by atoms with Gasteiger partial charge in [-0.3, -0.25) is 43.2 Å². The average molecular weight is 679 g/mol. The highest BCUT2D eigenvalue weighted by atomic mass is 16.8. The molecule has 1 fully saturated rings. The SMILES string of the molecule is CC(=O)OC[C@H]1O[C@@H](O[C@@H]([C@H](OC(C)=O)[C@@H](COC(C)=O)OC(C)=O)[C@H](C=O)OC(C)=O)[C@H](OC(C)=O)[C@@H](OC(C)=O)[C@@H]1OC(C)=O. The van der Waals surface area contributed by atoms with E-state index in [2.05, 4.69) is 0 Å². The molecule has 0 aromatic rings. The van der Waals surface area contributed by atoms with Gasteiger partial charge >= 0.3 is 47.8 Å². The van der Waals surface area contributed by atoms with Crippen molar-refractivity contribution in [3.63, 3.8) is 0 Å². The maximum atomic E-state index is 12.3. The summed E-state index contributed by atoms with van der Waals surface area (Å²) in [5.41, 5.74) is 0. The van der Waals surface area contributed by atoms with Crippen LogP contribution in [0.2, 0.25) is 0 Å². The Morgan fingerprint density at radius 1 is 0.574 bits per heavy atom. The minimum Gasteiger partial charge on any atom is -0.463 e. The van der Waals surface area contributed by atoms with E-state index in [0.717, 1.165) is 55.4 Å². The number of carbonyl (C=O) groups is 9. The van der Waals surface area contributed by atoms with Crippen LogP contribution in [0.15, 0.2) is 0 Å². The van der Waals surface area contributed by atoms with Gasteiger partial charge in [0.15, 0.2) is 49.2 Å². The van der Waals surface area contributed by atoms with E-state index in [1.807, 2.05) is 0 Å². The van der Waals surface area contributed by atoms with Gasteiger partial charge in [0.2, 0.25) is 0 Å². The zero-order chi connectivity index (χ0) is 36.0. The van der Waals surface area contributed by atoms with E-state index in [9.17, 15) is 43.2 Å². The molecule has 0 radical (unpaired) electrons. The van der Waals surface area contributed by atoms with E-state index in [0.29, 0.717) is 0 Å². The van der Waals surface area contributed by atoms with Gasteiger partial charge in [-0.05, 0) is 0 Å².